The van der Waals surface area contributed by atoms with Gasteiger partial charge in [0.1, 0.15) is 11.4 Å². The fourth-order valence-corrected chi connectivity index (χ4v) is 7.37. The highest BCUT2D eigenvalue weighted by molar-refractivity contribution is 5.68. The van der Waals surface area contributed by atoms with E-state index in [2.05, 4.69) is 82.6 Å². The monoisotopic (exact) mass is 581 g/mol. The van der Waals surface area contributed by atoms with E-state index in [0.717, 1.165) is 70.7 Å². The molecular weight excluding hydrogens is 534 g/mol. The number of likely N-dealkylation sites (tertiary alicyclic amines) is 1. The summed E-state index contributed by atoms with van der Waals surface area (Å²) >= 11 is 0. The largest absolute Gasteiger partial charge is 0.497 e. The Hall–Kier alpha value is -3.51. The van der Waals surface area contributed by atoms with Crippen molar-refractivity contribution in [3.05, 3.63) is 95.1 Å². The third kappa shape index (κ3) is 6.70. The normalized spacial score (nSPS) is 21.8. The van der Waals surface area contributed by atoms with Crippen LogP contribution in [0.2, 0.25) is 0 Å². The number of ether oxygens (including phenoxy) is 2. The topological polar surface area (TPSA) is 45.2 Å². The van der Waals surface area contributed by atoms with Crippen molar-refractivity contribution in [1.82, 2.24) is 9.80 Å². The van der Waals surface area contributed by atoms with Gasteiger partial charge in [-0.1, -0.05) is 48.5 Å². The van der Waals surface area contributed by atoms with Gasteiger partial charge in [-0.25, -0.2) is 4.79 Å². The van der Waals surface area contributed by atoms with Crippen LogP contribution in [-0.2, 0) is 11.2 Å². The lowest BCUT2D eigenvalue weighted by Gasteiger charge is -2.43. The van der Waals surface area contributed by atoms with Gasteiger partial charge in [0.05, 0.1) is 7.11 Å². The van der Waals surface area contributed by atoms with Crippen LogP contribution < -0.4 is 9.64 Å². The number of rotatable bonds is 5. The molecule has 3 aliphatic rings. The third-order valence-corrected chi connectivity index (χ3v) is 9.60. The number of hydrogen-bond donors (Lipinski definition) is 0. The maximum Gasteiger partial charge on any atom is 0.410 e. The summed E-state index contributed by atoms with van der Waals surface area (Å²) in [5.74, 6) is 1.73. The summed E-state index contributed by atoms with van der Waals surface area (Å²) < 4.78 is 11.1. The molecule has 1 amide bonds. The Morgan fingerprint density at radius 2 is 1.49 bits per heavy atom. The van der Waals surface area contributed by atoms with Gasteiger partial charge in [-0.3, -0.25) is 4.90 Å². The number of carbonyl (C=O) groups excluding carboxylic acids is 1. The number of amides is 1. The molecule has 2 saturated heterocycles. The molecule has 0 radical (unpaired) electrons. The Bertz CT molecular complexity index is 1370. The molecule has 3 aromatic carbocycles. The van der Waals surface area contributed by atoms with Gasteiger partial charge in [-0.05, 0) is 98.9 Å². The molecule has 3 aromatic rings. The Morgan fingerprint density at radius 3 is 2.14 bits per heavy atom. The maximum atomic E-state index is 12.5. The molecule has 0 aromatic heterocycles. The van der Waals surface area contributed by atoms with E-state index in [1.165, 1.54) is 27.9 Å². The van der Waals surface area contributed by atoms with Crippen LogP contribution in [0, 0.1) is 0 Å². The first-order chi connectivity index (χ1) is 20.8. The fraction of sp³-hybridized carbons (Fsp3) is 0.486. The molecule has 0 unspecified atom stereocenters. The van der Waals surface area contributed by atoms with E-state index in [0.29, 0.717) is 17.9 Å². The van der Waals surface area contributed by atoms with E-state index in [1.807, 2.05) is 25.7 Å². The number of benzene rings is 3. The molecule has 2 fully saturated rings. The molecular formula is C37H47N3O3. The van der Waals surface area contributed by atoms with Gasteiger partial charge in [0.15, 0.2) is 0 Å². The van der Waals surface area contributed by atoms with E-state index in [1.54, 1.807) is 7.11 Å². The number of carbonyl (C=O) groups is 1. The van der Waals surface area contributed by atoms with Crippen molar-refractivity contribution in [1.29, 1.82) is 0 Å². The molecule has 0 spiro atoms. The van der Waals surface area contributed by atoms with E-state index in [4.69, 9.17) is 9.47 Å². The SMILES string of the molecule is COc1ccc2c(c1)CC[C@H](c1ccccc1)[C@@H]2c1ccc(N2CCN(C3CCN(C(=O)OC(C)(C)C)CC3)CC2)cc1. The minimum Gasteiger partial charge on any atom is -0.497 e. The van der Waals surface area contributed by atoms with Crippen LogP contribution in [-0.4, -0.2) is 73.9 Å². The van der Waals surface area contributed by atoms with Crippen molar-refractivity contribution >= 4 is 11.8 Å². The van der Waals surface area contributed by atoms with E-state index < -0.39 is 5.60 Å². The van der Waals surface area contributed by atoms with E-state index in [9.17, 15) is 4.79 Å². The minimum atomic E-state index is -0.443. The van der Waals surface area contributed by atoms with Crippen LogP contribution in [0.15, 0.2) is 72.8 Å². The number of methoxy groups -OCH3 is 1. The Kier molecular flexibility index (Phi) is 8.67. The number of fused-ring (bicyclic) bond motifs is 1. The van der Waals surface area contributed by atoms with Crippen molar-refractivity contribution in [3.63, 3.8) is 0 Å². The molecule has 228 valence electrons. The van der Waals surface area contributed by atoms with Gasteiger partial charge < -0.3 is 19.3 Å². The predicted octanol–water partition coefficient (Wildman–Crippen LogP) is 7.08. The van der Waals surface area contributed by atoms with Crippen LogP contribution in [0.4, 0.5) is 10.5 Å². The number of piperidine rings is 1. The number of nitrogens with zero attached hydrogens (tertiary/aromatic N) is 3. The van der Waals surface area contributed by atoms with Crippen LogP contribution in [0.25, 0.3) is 0 Å². The average Bonchev–Trinajstić information content (AvgIpc) is 3.04. The molecule has 2 atom stereocenters. The molecule has 0 saturated carbocycles. The molecule has 2 heterocycles. The van der Waals surface area contributed by atoms with Crippen molar-refractivity contribution in [2.45, 2.75) is 69.9 Å². The summed E-state index contributed by atoms with van der Waals surface area (Å²) in [6.07, 6.45) is 4.07. The zero-order chi connectivity index (χ0) is 30.0. The lowest BCUT2D eigenvalue weighted by atomic mass is 9.69. The molecule has 0 N–H and O–H groups in total. The predicted molar refractivity (Wildman–Crippen MR) is 173 cm³/mol. The van der Waals surface area contributed by atoms with E-state index in [-0.39, 0.29) is 6.09 Å². The molecule has 0 bridgehead atoms. The zero-order valence-corrected chi connectivity index (χ0v) is 26.3. The molecule has 1 aliphatic carbocycles. The lowest BCUT2D eigenvalue weighted by Crippen LogP contribution is -2.54. The molecule has 2 aliphatic heterocycles. The summed E-state index contributed by atoms with van der Waals surface area (Å²) in [7, 11) is 1.75. The highest BCUT2D eigenvalue weighted by atomic mass is 16.6. The minimum absolute atomic E-state index is 0.175. The summed E-state index contributed by atoms with van der Waals surface area (Å²) in [6, 6.07) is 27.6. The van der Waals surface area contributed by atoms with Crippen LogP contribution in [0.1, 0.15) is 74.1 Å². The zero-order valence-electron chi connectivity index (χ0n) is 26.3. The second-order valence-electron chi connectivity index (χ2n) is 13.4. The van der Waals surface area contributed by atoms with Crippen molar-refractivity contribution in [2.24, 2.45) is 0 Å². The fourth-order valence-electron chi connectivity index (χ4n) is 7.37. The Labute approximate surface area is 257 Å². The molecule has 6 rings (SSSR count). The highest BCUT2D eigenvalue weighted by Crippen LogP contribution is 2.47. The quantitative estimate of drug-likeness (QED) is 0.322. The molecule has 43 heavy (non-hydrogen) atoms. The number of hydrogen-bond acceptors (Lipinski definition) is 5. The van der Waals surface area contributed by atoms with Crippen LogP contribution >= 0.6 is 0 Å². The van der Waals surface area contributed by atoms with Crippen molar-refractivity contribution in [3.8, 4) is 5.75 Å². The summed E-state index contributed by atoms with van der Waals surface area (Å²) in [4.78, 5) is 19.5. The van der Waals surface area contributed by atoms with Gasteiger partial charge in [0.25, 0.3) is 0 Å². The van der Waals surface area contributed by atoms with Gasteiger partial charge in [0, 0.05) is 56.9 Å². The highest BCUT2D eigenvalue weighted by Gasteiger charge is 2.33. The van der Waals surface area contributed by atoms with Gasteiger partial charge in [-0.15, -0.1) is 0 Å². The summed E-state index contributed by atoms with van der Waals surface area (Å²) in [6.45, 7) is 11.5. The number of anilines is 1. The summed E-state index contributed by atoms with van der Waals surface area (Å²) in [5.41, 5.74) is 6.52. The Balaban J connectivity index is 1.10. The third-order valence-electron chi connectivity index (χ3n) is 9.60. The first-order valence-electron chi connectivity index (χ1n) is 16.1. The molecule has 6 heteroatoms. The van der Waals surface area contributed by atoms with Crippen LogP contribution in [0.3, 0.4) is 0 Å². The maximum absolute atomic E-state index is 12.5. The van der Waals surface area contributed by atoms with Crippen molar-refractivity contribution < 1.29 is 14.3 Å². The van der Waals surface area contributed by atoms with Crippen molar-refractivity contribution in [2.75, 3.05) is 51.3 Å². The Morgan fingerprint density at radius 1 is 0.791 bits per heavy atom. The standard InChI is InChI=1S/C37H47N3O3/c1-37(2,3)43-36(41)40-20-18-31(19-21-40)39-24-22-38(23-25-39)30-13-10-28(11-14-30)35-33(27-8-6-5-7-9-27)16-12-29-26-32(42-4)15-17-34(29)35/h5-11,13-15,17,26,31,33,35H,12,16,18-25H2,1-4H3/t33-,35+/m1/s1. The number of aryl methyl sites for hydroxylation is 1. The second kappa shape index (κ2) is 12.6. The molecule has 6 nitrogen and oxygen atoms in total. The van der Waals surface area contributed by atoms with E-state index >= 15 is 0 Å². The smallest absolute Gasteiger partial charge is 0.410 e. The first-order valence-corrected chi connectivity index (χ1v) is 16.1. The average molecular weight is 582 g/mol. The first kappa shape index (κ1) is 29.6. The van der Waals surface area contributed by atoms with Gasteiger partial charge >= 0.3 is 6.09 Å². The van der Waals surface area contributed by atoms with Gasteiger partial charge in [-0.2, -0.15) is 0 Å². The summed E-state index contributed by atoms with van der Waals surface area (Å²) in [5, 5.41) is 0. The second-order valence-corrected chi connectivity index (χ2v) is 13.4. The van der Waals surface area contributed by atoms with Gasteiger partial charge in [0.2, 0.25) is 0 Å². The lowest BCUT2D eigenvalue weighted by molar-refractivity contribution is 0.0140. The van der Waals surface area contributed by atoms with Crippen LogP contribution in [0.5, 0.6) is 5.75 Å². The number of piperazine rings is 1.